The average Bonchev–Trinajstić information content (AvgIpc) is 3.62. The Hall–Kier alpha value is -3.34. The topological polar surface area (TPSA) is 108 Å². The summed E-state index contributed by atoms with van der Waals surface area (Å²) < 4.78 is 4.69. The molecule has 45 heavy (non-hydrogen) atoms. The summed E-state index contributed by atoms with van der Waals surface area (Å²) in [7, 11) is 0. The molecule has 2 bridgehead atoms. The van der Waals surface area contributed by atoms with Crippen LogP contribution in [0.25, 0.3) is 0 Å². The van der Waals surface area contributed by atoms with Gasteiger partial charge in [-0.2, -0.15) is 0 Å². The number of aliphatic hydroxyl groups excluding tert-OH is 1. The molecular weight excluding hydrogens is 654 g/mol. The Bertz CT molecular complexity index is 1570. The Morgan fingerprint density at radius 2 is 1.71 bits per heavy atom. The molecule has 3 saturated heterocycles. The summed E-state index contributed by atoms with van der Waals surface area (Å²) in [6.45, 7) is 6.02. The van der Waals surface area contributed by atoms with E-state index in [1.165, 1.54) is 0 Å². The average molecular weight is 693 g/mol. The van der Waals surface area contributed by atoms with Crippen LogP contribution in [0.3, 0.4) is 0 Å². The maximum absolute atomic E-state index is 14.7. The van der Waals surface area contributed by atoms with Gasteiger partial charge < -0.3 is 25.4 Å². The van der Waals surface area contributed by atoms with E-state index in [2.05, 4.69) is 26.6 Å². The Morgan fingerprint density at radius 1 is 1.02 bits per heavy atom. The van der Waals surface area contributed by atoms with Gasteiger partial charge in [-0.1, -0.05) is 64.5 Å². The van der Waals surface area contributed by atoms with E-state index in [0.717, 1.165) is 22.4 Å². The van der Waals surface area contributed by atoms with Crippen LogP contribution in [0, 0.1) is 25.7 Å². The van der Waals surface area contributed by atoms with Crippen LogP contribution in [0.5, 0.6) is 5.75 Å². The van der Waals surface area contributed by atoms with Crippen LogP contribution < -0.4 is 15.4 Å². The first-order chi connectivity index (χ1) is 21.7. The summed E-state index contributed by atoms with van der Waals surface area (Å²) in [6, 6.07) is 21.1. The molecule has 6 rings (SSSR count). The van der Waals surface area contributed by atoms with E-state index in [1.807, 2.05) is 69.3 Å². The molecule has 3 N–H and O–H groups in total. The van der Waals surface area contributed by atoms with E-state index >= 15 is 0 Å². The number of thioether (sulfide) groups is 1. The molecule has 0 saturated carbocycles. The van der Waals surface area contributed by atoms with Crippen molar-refractivity contribution in [3.05, 3.63) is 89.5 Å². The van der Waals surface area contributed by atoms with E-state index in [1.54, 1.807) is 40.9 Å². The summed E-state index contributed by atoms with van der Waals surface area (Å²) in [4.78, 5) is 44.7. The molecule has 3 fully saturated rings. The fourth-order valence-electron chi connectivity index (χ4n) is 7.43. The molecule has 3 aliphatic rings. The highest BCUT2D eigenvalue weighted by molar-refractivity contribution is 9.09. The monoisotopic (exact) mass is 691 g/mol. The maximum Gasteiger partial charge on any atom is 0.248 e. The number of benzene rings is 3. The molecule has 0 aliphatic carbocycles. The van der Waals surface area contributed by atoms with E-state index < -0.39 is 28.7 Å². The lowest BCUT2D eigenvalue weighted by Crippen LogP contribution is -2.55. The van der Waals surface area contributed by atoms with Gasteiger partial charge in [0.1, 0.15) is 11.8 Å². The first kappa shape index (κ1) is 31.6. The second kappa shape index (κ2) is 12.8. The summed E-state index contributed by atoms with van der Waals surface area (Å²) in [6.07, 6.45) is 0.935. The highest BCUT2D eigenvalue weighted by Crippen LogP contribution is 2.68. The van der Waals surface area contributed by atoms with Crippen molar-refractivity contribution < 1.29 is 24.2 Å². The molecule has 8 nitrogen and oxygen atoms in total. The zero-order chi connectivity index (χ0) is 31.9. The first-order valence-corrected chi connectivity index (χ1v) is 17.2. The van der Waals surface area contributed by atoms with Gasteiger partial charge in [-0.3, -0.25) is 14.4 Å². The van der Waals surface area contributed by atoms with E-state index in [9.17, 15) is 19.5 Å². The lowest BCUT2D eigenvalue weighted by Gasteiger charge is -2.37. The van der Waals surface area contributed by atoms with E-state index in [0.29, 0.717) is 30.9 Å². The number of aliphatic hydroxyl groups is 1. The number of aryl methyl sites for hydroxylation is 2. The van der Waals surface area contributed by atoms with Crippen LogP contribution >= 0.6 is 27.7 Å². The first-order valence-electron chi connectivity index (χ1n) is 15.4. The summed E-state index contributed by atoms with van der Waals surface area (Å²) in [5.41, 5.74) is 4.13. The molecular formula is C35H38BrN3O5S. The number of fused-ring (bicyclic) bond motifs is 1. The largest absolute Gasteiger partial charge is 0.494 e. The van der Waals surface area contributed by atoms with Crippen LogP contribution in [-0.4, -0.2) is 67.8 Å². The molecule has 7 atom stereocenters. The van der Waals surface area contributed by atoms with Gasteiger partial charge in [0.05, 0.1) is 35.8 Å². The number of likely N-dealkylation sites (tertiary alicyclic amines) is 1. The van der Waals surface area contributed by atoms with Crippen molar-refractivity contribution in [1.82, 2.24) is 4.90 Å². The van der Waals surface area contributed by atoms with Gasteiger partial charge in [0, 0.05) is 21.5 Å². The van der Waals surface area contributed by atoms with Gasteiger partial charge >= 0.3 is 0 Å². The van der Waals surface area contributed by atoms with Gasteiger partial charge in [0.15, 0.2) is 0 Å². The minimum absolute atomic E-state index is 0.0697. The Kier molecular flexibility index (Phi) is 9.00. The molecule has 0 aromatic heterocycles. The Morgan fingerprint density at radius 3 is 2.36 bits per heavy atom. The van der Waals surface area contributed by atoms with Gasteiger partial charge in [-0.05, 0) is 74.6 Å². The van der Waals surface area contributed by atoms with Crippen molar-refractivity contribution in [2.45, 2.75) is 60.5 Å². The molecule has 236 valence electrons. The number of para-hydroxylation sites is 1. The molecule has 1 spiro atoms. The van der Waals surface area contributed by atoms with E-state index in [4.69, 9.17) is 4.74 Å². The van der Waals surface area contributed by atoms with Crippen LogP contribution in [0.2, 0.25) is 0 Å². The zero-order valence-electron chi connectivity index (χ0n) is 25.5. The predicted octanol–water partition coefficient (Wildman–Crippen LogP) is 5.35. The third-order valence-electron chi connectivity index (χ3n) is 9.36. The number of hydrogen-bond donors (Lipinski definition) is 3. The van der Waals surface area contributed by atoms with Gasteiger partial charge in [0.25, 0.3) is 0 Å². The number of hydrogen-bond acceptors (Lipinski definition) is 6. The third kappa shape index (κ3) is 5.66. The lowest BCUT2D eigenvalue weighted by atomic mass is 9.70. The van der Waals surface area contributed by atoms with Crippen LogP contribution in [0.4, 0.5) is 11.4 Å². The minimum Gasteiger partial charge on any atom is -0.494 e. The van der Waals surface area contributed by atoms with Gasteiger partial charge in [-0.25, -0.2) is 0 Å². The molecule has 3 amide bonds. The SMILES string of the molecule is CCOc1ccc(NC(=O)[C@H]2[C@H]3C(=O)N([C@@H](CO)Cc4ccccc4)C(C(=O)Nc4c(C)cccc4C)C34CC(Br)[C@@H]2S4)cc1. The van der Waals surface area contributed by atoms with Crippen LogP contribution in [-0.2, 0) is 20.8 Å². The maximum atomic E-state index is 14.7. The highest BCUT2D eigenvalue weighted by atomic mass is 79.9. The second-order valence-corrected chi connectivity index (χ2v) is 14.9. The van der Waals surface area contributed by atoms with Crippen molar-refractivity contribution in [2.24, 2.45) is 11.8 Å². The number of rotatable bonds is 10. The van der Waals surface area contributed by atoms with Crippen molar-refractivity contribution in [3.8, 4) is 5.75 Å². The Balaban J connectivity index is 1.37. The van der Waals surface area contributed by atoms with Crippen molar-refractivity contribution in [2.75, 3.05) is 23.8 Å². The minimum atomic E-state index is -0.881. The number of alkyl halides is 1. The molecule has 3 heterocycles. The number of ether oxygens (including phenoxy) is 1. The molecule has 3 aromatic rings. The van der Waals surface area contributed by atoms with E-state index in [-0.39, 0.29) is 34.4 Å². The molecule has 3 aromatic carbocycles. The normalized spacial score (nSPS) is 27.3. The van der Waals surface area contributed by atoms with Crippen molar-refractivity contribution in [3.63, 3.8) is 0 Å². The lowest BCUT2D eigenvalue weighted by molar-refractivity contribution is -0.141. The fourth-order valence-corrected chi connectivity index (χ4v) is 11.0. The van der Waals surface area contributed by atoms with Crippen LogP contribution in [0.15, 0.2) is 72.8 Å². The second-order valence-electron chi connectivity index (χ2n) is 12.1. The smallest absolute Gasteiger partial charge is 0.248 e. The Labute approximate surface area is 276 Å². The standard InChI is InChI=1S/C35H38BrN3O5S/c1-4-44-25-15-13-23(14-16-25)37-32(41)27-28-34(43)39(24(19-40)17-22-11-6-5-7-12-22)31(35(28)18-26(36)30(27)45-35)33(42)38-29-20(2)9-8-10-21(29)3/h5-16,24,26-28,30-31,40H,4,17-19H2,1-3H3,(H,37,41)(H,38,42)/t24-,26?,27+,28+,30+,31?,35?/m1/s1. The van der Waals surface area contributed by atoms with Crippen LogP contribution in [0.1, 0.15) is 30.0 Å². The molecule has 0 radical (unpaired) electrons. The predicted molar refractivity (Wildman–Crippen MR) is 181 cm³/mol. The number of carbonyl (C=O) groups excluding carboxylic acids is 3. The number of carbonyl (C=O) groups is 3. The summed E-state index contributed by atoms with van der Waals surface area (Å²) in [5.74, 6) is -1.48. The third-order valence-corrected chi connectivity index (χ3v) is 12.6. The van der Waals surface area contributed by atoms with Gasteiger partial charge in [-0.15, -0.1) is 11.8 Å². The fraction of sp³-hybridized carbons (Fsp3) is 0.400. The van der Waals surface area contributed by atoms with Crippen molar-refractivity contribution in [1.29, 1.82) is 0 Å². The molecule has 3 unspecified atom stereocenters. The number of nitrogens with zero attached hydrogens (tertiary/aromatic N) is 1. The summed E-state index contributed by atoms with van der Waals surface area (Å²) in [5, 5.41) is 16.7. The summed E-state index contributed by atoms with van der Waals surface area (Å²) >= 11 is 5.41. The number of amides is 3. The molecule has 3 aliphatic heterocycles. The number of halogens is 1. The quantitative estimate of drug-likeness (QED) is 0.248. The number of anilines is 2. The van der Waals surface area contributed by atoms with Crippen molar-refractivity contribution >= 4 is 56.8 Å². The zero-order valence-corrected chi connectivity index (χ0v) is 27.9. The van der Waals surface area contributed by atoms with Gasteiger partial charge in [0.2, 0.25) is 17.7 Å². The number of nitrogens with one attached hydrogen (secondary N) is 2. The molecule has 10 heteroatoms. The highest BCUT2D eigenvalue weighted by Gasteiger charge is 2.76.